The second-order valence-electron chi connectivity index (χ2n) is 9.01. The molecule has 2 aromatic heterocycles. The van der Waals surface area contributed by atoms with Crippen molar-refractivity contribution in [1.29, 1.82) is 0 Å². The molecule has 206 valence electrons. The van der Waals surface area contributed by atoms with Crippen LogP contribution in [0.5, 0.6) is 0 Å². The Labute approximate surface area is 217 Å². The van der Waals surface area contributed by atoms with Gasteiger partial charge in [0.15, 0.2) is 5.82 Å². The van der Waals surface area contributed by atoms with Gasteiger partial charge in [0.25, 0.3) is 11.8 Å². The molecule has 0 bridgehead atoms. The SMILES string of the molecule is Cc1nc([C@H](C)NC(=O)c2cc(C(F)(F)F)cc(C(F)(F)F)c2)n(-c2ncc(C(=O)N(C)CC(C)C)s2)n1. The van der Waals surface area contributed by atoms with E-state index >= 15 is 0 Å². The van der Waals surface area contributed by atoms with E-state index in [1.54, 1.807) is 18.9 Å². The molecule has 1 N–H and O–H groups in total. The van der Waals surface area contributed by atoms with E-state index in [0.717, 1.165) is 11.3 Å². The first-order valence-corrected chi connectivity index (χ1v) is 12.0. The lowest BCUT2D eigenvalue weighted by molar-refractivity contribution is -0.143. The summed E-state index contributed by atoms with van der Waals surface area (Å²) in [6.45, 7) is 7.43. The van der Waals surface area contributed by atoms with Crippen LogP contribution in [0.25, 0.3) is 5.13 Å². The molecular weight excluding hydrogens is 538 g/mol. The van der Waals surface area contributed by atoms with Gasteiger partial charge in [-0.3, -0.25) is 9.59 Å². The molecule has 0 fully saturated rings. The van der Waals surface area contributed by atoms with Crippen molar-refractivity contribution in [2.75, 3.05) is 13.6 Å². The highest BCUT2D eigenvalue weighted by Crippen LogP contribution is 2.36. The van der Waals surface area contributed by atoms with Gasteiger partial charge in [-0.05, 0) is 38.0 Å². The molecule has 3 rings (SSSR count). The van der Waals surface area contributed by atoms with Crippen molar-refractivity contribution in [2.45, 2.75) is 46.1 Å². The molecule has 38 heavy (non-hydrogen) atoms. The average Bonchev–Trinajstić information content (AvgIpc) is 3.43. The Hall–Kier alpha value is -3.49. The Bertz CT molecular complexity index is 1300. The van der Waals surface area contributed by atoms with Crippen molar-refractivity contribution in [2.24, 2.45) is 5.92 Å². The number of amides is 2. The fourth-order valence-electron chi connectivity index (χ4n) is 3.56. The summed E-state index contributed by atoms with van der Waals surface area (Å²) in [6, 6.07) is -0.362. The van der Waals surface area contributed by atoms with Crippen LogP contribution in [0.1, 0.15) is 69.6 Å². The fraction of sp³-hybridized carbons (Fsp3) is 0.435. The van der Waals surface area contributed by atoms with E-state index in [0.29, 0.717) is 23.6 Å². The summed E-state index contributed by atoms with van der Waals surface area (Å²) in [5.41, 5.74) is -4.03. The minimum absolute atomic E-state index is 0.0554. The Morgan fingerprint density at radius 1 is 1.05 bits per heavy atom. The summed E-state index contributed by atoms with van der Waals surface area (Å²) in [5.74, 6) is -0.810. The van der Waals surface area contributed by atoms with Crippen LogP contribution in [-0.2, 0) is 12.4 Å². The predicted molar refractivity (Wildman–Crippen MR) is 126 cm³/mol. The number of nitrogens with zero attached hydrogens (tertiary/aromatic N) is 5. The number of carbonyl (C=O) groups is 2. The number of alkyl halides is 6. The number of benzene rings is 1. The summed E-state index contributed by atoms with van der Waals surface area (Å²) in [6.07, 6.45) is -8.82. The number of thiazole rings is 1. The number of hydrogen-bond donors (Lipinski definition) is 1. The molecule has 3 aromatic rings. The van der Waals surface area contributed by atoms with Gasteiger partial charge in [-0.1, -0.05) is 25.2 Å². The molecule has 0 radical (unpaired) electrons. The zero-order valence-corrected chi connectivity index (χ0v) is 21.7. The van der Waals surface area contributed by atoms with Crippen molar-refractivity contribution >= 4 is 23.2 Å². The summed E-state index contributed by atoms with van der Waals surface area (Å²) in [5, 5.41) is 6.83. The first kappa shape index (κ1) is 29.1. The van der Waals surface area contributed by atoms with E-state index in [1.807, 2.05) is 13.8 Å². The van der Waals surface area contributed by atoms with Gasteiger partial charge in [-0.15, -0.1) is 5.10 Å². The third-order valence-electron chi connectivity index (χ3n) is 5.19. The van der Waals surface area contributed by atoms with Gasteiger partial charge in [0.1, 0.15) is 10.7 Å². The fourth-order valence-corrected chi connectivity index (χ4v) is 4.43. The molecule has 0 saturated carbocycles. The molecule has 0 unspecified atom stereocenters. The van der Waals surface area contributed by atoms with Gasteiger partial charge in [0, 0.05) is 19.2 Å². The van der Waals surface area contributed by atoms with Crippen LogP contribution >= 0.6 is 11.3 Å². The number of halogens is 6. The summed E-state index contributed by atoms with van der Waals surface area (Å²) in [7, 11) is 1.66. The van der Waals surface area contributed by atoms with E-state index < -0.39 is 41.0 Å². The van der Waals surface area contributed by atoms with Crippen molar-refractivity contribution < 1.29 is 35.9 Å². The van der Waals surface area contributed by atoms with Crippen LogP contribution in [-0.4, -0.2) is 50.1 Å². The highest BCUT2D eigenvalue weighted by atomic mass is 32.1. The largest absolute Gasteiger partial charge is 0.416 e. The first-order valence-electron chi connectivity index (χ1n) is 11.2. The molecule has 1 atom stereocenters. The number of rotatable bonds is 7. The summed E-state index contributed by atoms with van der Waals surface area (Å²) < 4.78 is 80.4. The maximum atomic E-state index is 13.2. The van der Waals surface area contributed by atoms with Crippen LogP contribution < -0.4 is 5.32 Å². The quantitative estimate of drug-likeness (QED) is 0.395. The van der Waals surface area contributed by atoms with Crippen LogP contribution in [0, 0.1) is 12.8 Å². The topological polar surface area (TPSA) is 93.0 Å². The van der Waals surface area contributed by atoms with Crippen molar-refractivity contribution in [3.8, 4) is 5.13 Å². The van der Waals surface area contributed by atoms with Crippen LogP contribution in [0.2, 0.25) is 0 Å². The van der Waals surface area contributed by atoms with E-state index in [2.05, 4.69) is 20.4 Å². The minimum Gasteiger partial charge on any atom is -0.342 e. The maximum absolute atomic E-state index is 13.2. The molecule has 8 nitrogen and oxygen atoms in total. The molecule has 0 spiro atoms. The van der Waals surface area contributed by atoms with Crippen molar-refractivity contribution in [1.82, 2.24) is 30.0 Å². The number of aryl methyl sites for hydroxylation is 1. The Morgan fingerprint density at radius 3 is 2.16 bits per heavy atom. The third-order valence-corrected chi connectivity index (χ3v) is 6.15. The van der Waals surface area contributed by atoms with Crippen LogP contribution in [0.3, 0.4) is 0 Å². The summed E-state index contributed by atoms with van der Waals surface area (Å²) in [4.78, 5) is 35.7. The lowest BCUT2D eigenvalue weighted by Gasteiger charge is -2.18. The molecule has 0 aliphatic heterocycles. The Kier molecular flexibility index (Phi) is 8.19. The highest BCUT2D eigenvalue weighted by molar-refractivity contribution is 7.16. The van der Waals surface area contributed by atoms with E-state index in [-0.39, 0.29) is 34.7 Å². The van der Waals surface area contributed by atoms with E-state index in [4.69, 9.17) is 0 Å². The summed E-state index contributed by atoms with van der Waals surface area (Å²) >= 11 is 1.01. The monoisotopic (exact) mass is 562 g/mol. The van der Waals surface area contributed by atoms with Gasteiger partial charge >= 0.3 is 12.4 Å². The Morgan fingerprint density at radius 2 is 1.63 bits per heavy atom. The molecule has 1 aromatic carbocycles. The van der Waals surface area contributed by atoms with Gasteiger partial charge in [0.05, 0.1) is 23.4 Å². The molecule has 2 heterocycles. The lowest BCUT2D eigenvalue weighted by atomic mass is 10.0. The van der Waals surface area contributed by atoms with Gasteiger partial charge in [-0.2, -0.15) is 31.0 Å². The zero-order chi connectivity index (χ0) is 28.6. The van der Waals surface area contributed by atoms with Crippen molar-refractivity contribution in [3.05, 3.63) is 57.6 Å². The Balaban J connectivity index is 1.89. The van der Waals surface area contributed by atoms with Gasteiger partial charge in [-0.25, -0.2) is 9.97 Å². The number of nitrogens with one attached hydrogen (secondary N) is 1. The maximum Gasteiger partial charge on any atom is 0.416 e. The lowest BCUT2D eigenvalue weighted by Crippen LogP contribution is -2.29. The molecular formula is C23H24F6N6O2S. The second kappa shape index (κ2) is 10.7. The second-order valence-corrected chi connectivity index (χ2v) is 10.0. The minimum atomic E-state index is -5.09. The van der Waals surface area contributed by atoms with Crippen molar-refractivity contribution in [3.63, 3.8) is 0 Å². The number of hydrogen-bond acceptors (Lipinski definition) is 6. The average molecular weight is 563 g/mol. The number of aromatic nitrogens is 4. The molecule has 0 aliphatic carbocycles. The first-order chi connectivity index (χ1) is 17.5. The smallest absolute Gasteiger partial charge is 0.342 e. The predicted octanol–water partition coefficient (Wildman–Crippen LogP) is 5.29. The van der Waals surface area contributed by atoms with E-state index in [1.165, 1.54) is 17.8 Å². The highest BCUT2D eigenvalue weighted by Gasteiger charge is 2.37. The zero-order valence-electron chi connectivity index (χ0n) is 20.9. The normalized spacial score (nSPS) is 13.1. The molecule has 2 amide bonds. The molecule has 0 saturated heterocycles. The molecule has 0 aliphatic rings. The van der Waals surface area contributed by atoms with Gasteiger partial charge < -0.3 is 10.2 Å². The standard InChI is InChI=1S/C23H24F6N6O2S/c1-11(2)10-34(5)20(37)17-9-30-21(38-17)35-18(32-13(4)33-35)12(3)31-19(36)14-6-15(22(24,25)26)8-16(7-14)23(27,28)29/h6-9,11-12H,10H2,1-5H3,(H,31,36)/t12-/m0/s1. The molecule has 15 heteroatoms. The number of carbonyl (C=O) groups excluding carboxylic acids is 2. The van der Waals surface area contributed by atoms with Crippen LogP contribution in [0.4, 0.5) is 26.3 Å². The van der Waals surface area contributed by atoms with Crippen LogP contribution in [0.15, 0.2) is 24.4 Å². The van der Waals surface area contributed by atoms with Gasteiger partial charge in [0.2, 0.25) is 5.13 Å². The van der Waals surface area contributed by atoms with E-state index in [9.17, 15) is 35.9 Å². The third kappa shape index (κ3) is 6.68.